The average Bonchev–Trinajstić information content (AvgIpc) is 3.40. The van der Waals surface area contributed by atoms with Crippen LogP contribution in [0.1, 0.15) is 22.3 Å². The third-order valence-corrected chi connectivity index (χ3v) is 6.26. The molecule has 0 bridgehead atoms. The molecule has 0 spiro atoms. The highest BCUT2D eigenvalue weighted by molar-refractivity contribution is 6.16. The van der Waals surface area contributed by atoms with Gasteiger partial charge in [-0.1, -0.05) is 48.5 Å². The summed E-state index contributed by atoms with van der Waals surface area (Å²) in [6.45, 7) is 15.0. The Hall–Kier alpha value is -5.56. The van der Waals surface area contributed by atoms with E-state index in [1.165, 1.54) is 0 Å². The SMILES string of the molecule is [C-]#[N+]/C(C#N)=C1/c2ccccc2-c2c1cnc1c3c(cnc21)/C(=C(\C#N)[N+]#[C-])c1ccccc1-3. The zero-order valence-electron chi connectivity index (χ0n) is 17.5. The Morgan fingerprint density at radius 2 is 1.00 bits per heavy atom. The van der Waals surface area contributed by atoms with Crippen LogP contribution in [0.5, 0.6) is 0 Å². The first-order valence-corrected chi connectivity index (χ1v) is 10.3. The van der Waals surface area contributed by atoms with E-state index in [2.05, 4.69) is 9.69 Å². The highest BCUT2D eigenvalue weighted by Gasteiger charge is 2.33. The standard InChI is InChI=1S/C28H10N6/c1-31-21(11-29)23-15-7-3-5-9-17(15)25-19(23)13-33-28-26-18-10-6-4-8-16(18)24(22(12-30)32-2)20(26)14-34-27(25)28/h3-10,13-14H/b23-21-,24-22+. The smallest absolute Gasteiger partial charge is 0.253 e. The summed E-state index contributed by atoms with van der Waals surface area (Å²) in [5, 5.41) is 19.2. The number of rotatable bonds is 0. The Labute approximate surface area is 194 Å². The topological polar surface area (TPSA) is 82.1 Å². The summed E-state index contributed by atoms with van der Waals surface area (Å²) in [4.78, 5) is 16.4. The molecule has 0 radical (unpaired) electrons. The second-order valence-corrected chi connectivity index (χ2v) is 7.78. The minimum Gasteiger partial charge on any atom is -0.253 e. The molecule has 0 aliphatic heterocycles. The van der Waals surface area contributed by atoms with Crippen molar-refractivity contribution in [3.8, 4) is 34.4 Å². The van der Waals surface area contributed by atoms with Crippen molar-refractivity contribution < 1.29 is 0 Å². The van der Waals surface area contributed by atoms with Crippen LogP contribution >= 0.6 is 0 Å². The van der Waals surface area contributed by atoms with Gasteiger partial charge in [-0.3, -0.25) is 9.97 Å². The summed E-state index contributed by atoms with van der Waals surface area (Å²) >= 11 is 0. The number of nitrogens with zero attached hydrogens (tertiary/aromatic N) is 6. The number of aromatic nitrogens is 2. The molecule has 6 nitrogen and oxygen atoms in total. The van der Waals surface area contributed by atoms with E-state index in [1.54, 1.807) is 12.4 Å². The fourth-order valence-corrected chi connectivity index (χ4v) is 4.97. The molecule has 0 unspecified atom stereocenters. The van der Waals surface area contributed by atoms with E-state index in [1.807, 2.05) is 60.7 Å². The lowest BCUT2D eigenvalue weighted by atomic mass is 9.99. The zero-order chi connectivity index (χ0) is 23.4. The molecule has 0 fully saturated rings. The highest BCUT2D eigenvalue weighted by Crippen LogP contribution is 2.52. The minimum atomic E-state index is 0.0137. The van der Waals surface area contributed by atoms with Gasteiger partial charge >= 0.3 is 0 Å². The molecule has 6 heteroatoms. The minimum absolute atomic E-state index is 0.0137. The average molecular weight is 430 g/mol. The molecular formula is C28H10N6. The lowest BCUT2D eigenvalue weighted by Crippen LogP contribution is -1.94. The first-order valence-electron chi connectivity index (χ1n) is 10.3. The van der Waals surface area contributed by atoms with Gasteiger partial charge in [0.05, 0.1) is 36.3 Å². The van der Waals surface area contributed by atoms with Gasteiger partial charge in [0, 0.05) is 45.8 Å². The number of hydrogen-bond acceptors (Lipinski definition) is 4. The molecule has 34 heavy (non-hydrogen) atoms. The van der Waals surface area contributed by atoms with Gasteiger partial charge in [-0.2, -0.15) is 0 Å². The molecule has 0 N–H and O–H groups in total. The molecule has 0 atom stereocenters. The molecule has 4 aromatic rings. The van der Waals surface area contributed by atoms with Crippen molar-refractivity contribution in [2.45, 2.75) is 0 Å². The molecule has 6 rings (SSSR count). The molecule has 0 saturated carbocycles. The summed E-state index contributed by atoms with van der Waals surface area (Å²) in [6.07, 6.45) is 3.39. The molecule has 2 aromatic carbocycles. The van der Waals surface area contributed by atoms with Gasteiger partial charge in [0.15, 0.2) is 0 Å². The van der Waals surface area contributed by atoms with Crippen LogP contribution in [0.25, 0.3) is 54.1 Å². The molecule has 2 aliphatic rings. The van der Waals surface area contributed by atoms with Crippen LogP contribution in [-0.4, -0.2) is 9.97 Å². The molecular weight excluding hydrogens is 420 g/mol. The molecule has 2 heterocycles. The first kappa shape index (κ1) is 19.1. The van der Waals surface area contributed by atoms with Crippen LogP contribution < -0.4 is 0 Å². The van der Waals surface area contributed by atoms with Crippen molar-refractivity contribution in [1.29, 1.82) is 10.5 Å². The molecule has 0 amide bonds. The van der Waals surface area contributed by atoms with E-state index in [-0.39, 0.29) is 11.4 Å². The fraction of sp³-hybridized carbons (Fsp3) is 0. The summed E-state index contributed by atoms with van der Waals surface area (Å²) in [5.41, 5.74) is 8.94. The predicted octanol–water partition coefficient (Wildman–Crippen LogP) is 6.00. The van der Waals surface area contributed by atoms with Crippen molar-refractivity contribution >= 4 is 22.2 Å². The third kappa shape index (κ3) is 2.29. The van der Waals surface area contributed by atoms with Gasteiger partial charge in [0.25, 0.3) is 11.4 Å². The number of hydrogen-bond donors (Lipinski definition) is 0. The quantitative estimate of drug-likeness (QED) is 0.219. The van der Waals surface area contributed by atoms with E-state index in [0.29, 0.717) is 33.3 Å². The van der Waals surface area contributed by atoms with Gasteiger partial charge < -0.3 is 0 Å². The number of fused-ring (bicyclic) bond motifs is 9. The van der Waals surface area contributed by atoms with Crippen LogP contribution in [0.3, 0.4) is 0 Å². The van der Waals surface area contributed by atoms with E-state index in [0.717, 1.165) is 33.4 Å². The maximum Gasteiger partial charge on any atom is 0.270 e. The molecule has 152 valence electrons. The summed E-state index contributed by atoms with van der Waals surface area (Å²) in [5.74, 6) is 0. The van der Waals surface area contributed by atoms with Gasteiger partial charge in [-0.05, 0) is 22.3 Å². The van der Waals surface area contributed by atoms with Crippen molar-refractivity contribution in [3.63, 3.8) is 0 Å². The monoisotopic (exact) mass is 430 g/mol. The van der Waals surface area contributed by atoms with Crippen LogP contribution in [-0.2, 0) is 0 Å². The van der Waals surface area contributed by atoms with Crippen LogP contribution in [0.2, 0.25) is 0 Å². The van der Waals surface area contributed by atoms with Crippen molar-refractivity contribution in [2.24, 2.45) is 0 Å². The normalized spacial score (nSPS) is 15.1. The lowest BCUT2D eigenvalue weighted by molar-refractivity contribution is 1.32. The third-order valence-electron chi connectivity index (χ3n) is 6.26. The largest absolute Gasteiger partial charge is 0.270 e. The van der Waals surface area contributed by atoms with E-state index < -0.39 is 0 Å². The number of allylic oxidation sites excluding steroid dienone is 2. The summed E-state index contributed by atoms with van der Waals surface area (Å²) < 4.78 is 0. The van der Waals surface area contributed by atoms with Crippen LogP contribution in [0.4, 0.5) is 0 Å². The number of benzene rings is 2. The second-order valence-electron chi connectivity index (χ2n) is 7.78. The van der Waals surface area contributed by atoms with Crippen LogP contribution in [0, 0.1) is 35.8 Å². The first-order chi connectivity index (χ1) is 16.7. The number of nitriles is 2. The summed E-state index contributed by atoms with van der Waals surface area (Å²) in [7, 11) is 0. The Kier molecular flexibility index (Phi) is 3.93. The van der Waals surface area contributed by atoms with E-state index >= 15 is 0 Å². The van der Waals surface area contributed by atoms with Crippen molar-refractivity contribution in [1.82, 2.24) is 9.97 Å². The van der Waals surface area contributed by atoms with Crippen molar-refractivity contribution in [2.75, 3.05) is 0 Å². The summed E-state index contributed by atoms with van der Waals surface area (Å²) in [6, 6.07) is 19.4. The predicted molar refractivity (Wildman–Crippen MR) is 127 cm³/mol. The Morgan fingerprint density at radius 3 is 1.35 bits per heavy atom. The Bertz CT molecular complexity index is 1680. The maximum atomic E-state index is 9.60. The Morgan fingerprint density at radius 1 is 0.618 bits per heavy atom. The zero-order valence-corrected chi connectivity index (χ0v) is 17.5. The second kappa shape index (κ2) is 6.98. The highest BCUT2D eigenvalue weighted by atomic mass is 14.8. The number of pyridine rings is 2. The van der Waals surface area contributed by atoms with Gasteiger partial charge in [0.2, 0.25) is 0 Å². The molecule has 0 saturated heterocycles. The molecule has 2 aromatic heterocycles. The van der Waals surface area contributed by atoms with E-state index in [4.69, 9.17) is 23.1 Å². The van der Waals surface area contributed by atoms with Crippen LogP contribution in [0.15, 0.2) is 72.3 Å². The van der Waals surface area contributed by atoms with Gasteiger partial charge in [-0.25, -0.2) is 20.2 Å². The fourth-order valence-electron chi connectivity index (χ4n) is 4.97. The van der Waals surface area contributed by atoms with E-state index in [9.17, 15) is 10.5 Å². The maximum absolute atomic E-state index is 9.60. The van der Waals surface area contributed by atoms with Crippen molar-refractivity contribution in [3.05, 3.63) is 117 Å². The van der Waals surface area contributed by atoms with Gasteiger partial charge in [-0.15, -0.1) is 0 Å². The van der Waals surface area contributed by atoms with Gasteiger partial charge in [0.1, 0.15) is 0 Å². The molecule has 2 aliphatic carbocycles. The lowest BCUT2D eigenvalue weighted by Gasteiger charge is -2.10. The Balaban J connectivity index is 1.79.